The van der Waals surface area contributed by atoms with E-state index in [2.05, 4.69) is 22.5 Å². The van der Waals surface area contributed by atoms with Gasteiger partial charge in [0.05, 0.1) is 0 Å². The molecule has 1 fully saturated rings. The summed E-state index contributed by atoms with van der Waals surface area (Å²) in [7, 11) is 0. The molecule has 1 aromatic carbocycles. The van der Waals surface area contributed by atoms with Gasteiger partial charge in [0.15, 0.2) is 0 Å². The van der Waals surface area contributed by atoms with E-state index in [-0.39, 0.29) is 18.4 Å². The van der Waals surface area contributed by atoms with E-state index in [1.807, 2.05) is 6.92 Å². The number of benzene rings is 1. The van der Waals surface area contributed by atoms with Gasteiger partial charge in [-0.2, -0.15) is 0 Å². The Balaban J connectivity index is 2.09. The number of nitrogens with one attached hydrogen (secondary N) is 2. The van der Waals surface area contributed by atoms with E-state index in [1.165, 1.54) is 0 Å². The maximum atomic E-state index is 12.2. The number of aliphatic hydroxyl groups excluding tert-OH is 1. The SMILES string of the molecule is Cc1cc(C(=O)NC2CCCNC2=O)ccc1C#CCO. The molecular weight excluding hydrogens is 268 g/mol. The number of rotatable bonds is 2. The van der Waals surface area contributed by atoms with Crippen molar-refractivity contribution in [3.8, 4) is 11.8 Å². The van der Waals surface area contributed by atoms with Crippen LogP contribution in [0.2, 0.25) is 0 Å². The van der Waals surface area contributed by atoms with Crippen LogP contribution in [0.3, 0.4) is 0 Å². The number of amides is 2. The second-order valence-electron chi connectivity index (χ2n) is 4.95. The highest BCUT2D eigenvalue weighted by atomic mass is 16.2. The molecule has 0 spiro atoms. The number of aliphatic hydroxyl groups is 1. The van der Waals surface area contributed by atoms with E-state index in [0.717, 1.165) is 17.5 Å². The molecule has 1 saturated heterocycles. The van der Waals surface area contributed by atoms with Crippen molar-refractivity contribution >= 4 is 11.8 Å². The van der Waals surface area contributed by atoms with Crippen molar-refractivity contribution in [3.05, 3.63) is 34.9 Å². The normalized spacial score (nSPS) is 17.4. The molecule has 0 aliphatic carbocycles. The fourth-order valence-corrected chi connectivity index (χ4v) is 2.23. The first-order valence-corrected chi connectivity index (χ1v) is 6.91. The molecule has 2 amide bonds. The maximum absolute atomic E-state index is 12.2. The second-order valence-corrected chi connectivity index (χ2v) is 4.95. The van der Waals surface area contributed by atoms with E-state index in [0.29, 0.717) is 18.5 Å². The Morgan fingerprint density at radius 3 is 3.00 bits per heavy atom. The lowest BCUT2D eigenvalue weighted by Gasteiger charge is -2.22. The van der Waals surface area contributed by atoms with Crippen molar-refractivity contribution in [2.75, 3.05) is 13.2 Å². The Morgan fingerprint density at radius 1 is 1.52 bits per heavy atom. The van der Waals surface area contributed by atoms with Crippen molar-refractivity contribution in [2.45, 2.75) is 25.8 Å². The van der Waals surface area contributed by atoms with Gasteiger partial charge >= 0.3 is 0 Å². The fraction of sp³-hybridized carbons (Fsp3) is 0.375. The maximum Gasteiger partial charge on any atom is 0.251 e. The number of hydrogen-bond acceptors (Lipinski definition) is 3. The predicted molar refractivity (Wildman–Crippen MR) is 78.6 cm³/mol. The molecule has 1 atom stereocenters. The summed E-state index contributed by atoms with van der Waals surface area (Å²) in [6.45, 7) is 2.33. The van der Waals surface area contributed by atoms with Crippen LogP contribution in [0.25, 0.3) is 0 Å². The minimum atomic E-state index is -0.458. The minimum absolute atomic E-state index is 0.128. The number of hydrogen-bond donors (Lipinski definition) is 3. The molecule has 3 N–H and O–H groups in total. The lowest BCUT2D eigenvalue weighted by atomic mass is 10.0. The molecule has 5 heteroatoms. The molecule has 1 aliphatic heterocycles. The first-order valence-electron chi connectivity index (χ1n) is 6.91. The number of carbonyl (C=O) groups excluding carboxylic acids is 2. The fourth-order valence-electron chi connectivity index (χ4n) is 2.23. The molecule has 110 valence electrons. The van der Waals surface area contributed by atoms with Crippen LogP contribution in [0.15, 0.2) is 18.2 Å². The second kappa shape index (κ2) is 6.91. The third-order valence-corrected chi connectivity index (χ3v) is 3.38. The molecule has 2 rings (SSSR count). The zero-order valence-electron chi connectivity index (χ0n) is 11.9. The monoisotopic (exact) mass is 286 g/mol. The largest absolute Gasteiger partial charge is 0.384 e. The lowest BCUT2D eigenvalue weighted by Crippen LogP contribution is -2.50. The molecule has 0 radical (unpaired) electrons. The first kappa shape index (κ1) is 15.1. The van der Waals surface area contributed by atoms with E-state index in [1.54, 1.807) is 18.2 Å². The quantitative estimate of drug-likeness (QED) is 0.686. The molecule has 1 aliphatic rings. The van der Waals surface area contributed by atoms with E-state index in [9.17, 15) is 9.59 Å². The minimum Gasteiger partial charge on any atom is -0.384 e. The Hall–Kier alpha value is -2.32. The van der Waals surface area contributed by atoms with Crippen LogP contribution in [-0.4, -0.2) is 36.1 Å². The average molecular weight is 286 g/mol. The van der Waals surface area contributed by atoms with Crippen LogP contribution in [0.1, 0.15) is 34.3 Å². The first-order chi connectivity index (χ1) is 10.1. The highest BCUT2D eigenvalue weighted by Crippen LogP contribution is 2.11. The summed E-state index contributed by atoms with van der Waals surface area (Å²) in [5.74, 6) is 5.01. The summed E-state index contributed by atoms with van der Waals surface area (Å²) in [4.78, 5) is 23.8. The Labute approximate surface area is 123 Å². The third kappa shape index (κ3) is 3.83. The smallest absolute Gasteiger partial charge is 0.251 e. The van der Waals surface area contributed by atoms with Crippen molar-refractivity contribution in [2.24, 2.45) is 0 Å². The van der Waals surface area contributed by atoms with Gasteiger partial charge in [-0.25, -0.2) is 0 Å². The zero-order chi connectivity index (χ0) is 15.2. The number of carbonyl (C=O) groups is 2. The van der Waals surface area contributed by atoms with E-state index >= 15 is 0 Å². The molecule has 1 aromatic rings. The molecule has 1 heterocycles. The average Bonchev–Trinajstić information content (AvgIpc) is 2.48. The van der Waals surface area contributed by atoms with Gasteiger partial charge < -0.3 is 15.7 Å². The molecular formula is C16H18N2O3. The highest BCUT2D eigenvalue weighted by molar-refractivity contribution is 5.98. The Kier molecular flexibility index (Phi) is 4.96. The van der Waals surface area contributed by atoms with Gasteiger partial charge in [0.25, 0.3) is 5.91 Å². The van der Waals surface area contributed by atoms with Crippen molar-refractivity contribution in [1.29, 1.82) is 0 Å². The summed E-state index contributed by atoms with van der Waals surface area (Å²) in [5, 5.41) is 14.2. The van der Waals surface area contributed by atoms with Crippen LogP contribution < -0.4 is 10.6 Å². The van der Waals surface area contributed by atoms with Gasteiger partial charge in [-0.15, -0.1) is 0 Å². The predicted octanol–water partition coefficient (Wildman–Crippen LogP) is 0.347. The topological polar surface area (TPSA) is 78.4 Å². The van der Waals surface area contributed by atoms with Crippen LogP contribution >= 0.6 is 0 Å². The van der Waals surface area contributed by atoms with Crippen molar-refractivity contribution < 1.29 is 14.7 Å². The van der Waals surface area contributed by atoms with Crippen LogP contribution in [0.4, 0.5) is 0 Å². The number of aryl methyl sites for hydroxylation is 1. The van der Waals surface area contributed by atoms with Gasteiger partial charge in [0.2, 0.25) is 5.91 Å². The third-order valence-electron chi connectivity index (χ3n) is 3.38. The molecule has 0 bridgehead atoms. The van der Waals surface area contributed by atoms with Crippen LogP contribution in [-0.2, 0) is 4.79 Å². The van der Waals surface area contributed by atoms with Crippen molar-refractivity contribution in [1.82, 2.24) is 10.6 Å². The van der Waals surface area contributed by atoms with Gasteiger partial charge in [-0.3, -0.25) is 9.59 Å². The summed E-state index contributed by atoms with van der Waals surface area (Å²) < 4.78 is 0. The molecule has 21 heavy (non-hydrogen) atoms. The highest BCUT2D eigenvalue weighted by Gasteiger charge is 2.24. The van der Waals surface area contributed by atoms with Gasteiger partial charge in [0.1, 0.15) is 12.6 Å². The number of piperidine rings is 1. The van der Waals surface area contributed by atoms with Crippen LogP contribution in [0, 0.1) is 18.8 Å². The lowest BCUT2D eigenvalue weighted by molar-refractivity contribution is -0.124. The molecule has 0 saturated carbocycles. The van der Waals surface area contributed by atoms with E-state index < -0.39 is 6.04 Å². The van der Waals surface area contributed by atoms with Crippen molar-refractivity contribution in [3.63, 3.8) is 0 Å². The van der Waals surface area contributed by atoms with Crippen LogP contribution in [0.5, 0.6) is 0 Å². The van der Waals surface area contributed by atoms with E-state index in [4.69, 9.17) is 5.11 Å². The Morgan fingerprint density at radius 2 is 2.33 bits per heavy atom. The standard InChI is InChI=1S/C16H18N2O3/c1-11-10-13(7-6-12(11)4-3-9-19)15(20)18-14-5-2-8-17-16(14)21/h6-7,10,14,19H,2,5,8-9H2,1H3,(H,17,21)(H,18,20). The molecule has 0 aromatic heterocycles. The molecule has 1 unspecified atom stereocenters. The summed E-state index contributed by atoms with van der Waals surface area (Å²) >= 11 is 0. The Bertz CT molecular complexity index is 614. The van der Waals surface area contributed by atoms with Gasteiger partial charge in [-0.1, -0.05) is 11.8 Å². The van der Waals surface area contributed by atoms with Gasteiger partial charge in [-0.05, 0) is 43.5 Å². The summed E-state index contributed by atoms with van der Waals surface area (Å²) in [6.07, 6.45) is 1.53. The molecule has 5 nitrogen and oxygen atoms in total. The zero-order valence-corrected chi connectivity index (χ0v) is 11.9. The summed E-state index contributed by atoms with van der Waals surface area (Å²) in [5.41, 5.74) is 2.13. The summed E-state index contributed by atoms with van der Waals surface area (Å²) in [6, 6.07) is 4.69. The van der Waals surface area contributed by atoms with Gasteiger partial charge in [0, 0.05) is 17.7 Å².